The van der Waals surface area contributed by atoms with Gasteiger partial charge in [0.15, 0.2) is 0 Å². The molecule has 2 heterocycles. The summed E-state index contributed by atoms with van der Waals surface area (Å²) in [6.45, 7) is 3.70. The summed E-state index contributed by atoms with van der Waals surface area (Å²) >= 11 is 0. The van der Waals surface area contributed by atoms with Crippen LogP contribution in [0.4, 0.5) is 0 Å². The van der Waals surface area contributed by atoms with E-state index in [4.69, 9.17) is 0 Å². The normalized spacial score (nSPS) is 17.5. The quantitative estimate of drug-likeness (QED) is 0.387. The van der Waals surface area contributed by atoms with Crippen LogP contribution in [0, 0.1) is 0 Å². The Kier molecular flexibility index (Phi) is 7.10. The molecule has 1 aliphatic heterocycles. The number of nitrogens with one attached hydrogen (secondary N) is 2. The minimum atomic E-state index is -0.766. The van der Waals surface area contributed by atoms with Crippen molar-refractivity contribution >= 4 is 22.7 Å². The molecule has 3 aromatic carbocycles. The van der Waals surface area contributed by atoms with Crippen molar-refractivity contribution in [2.75, 3.05) is 13.1 Å². The molecule has 1 fully saturated rings. The smallest absolute Gasteiger partial charge is 0.240 e. The van der Waals surface area contributed by atoms with Gasteiger partial charge in [0, 0.05) is 43.8 Å². The molecule has 0 bridgehead atoms. The highest BCUT2D eigenvalue weighted by Gasteiger charge is 2.43. The molecule has 1 aromatic heterocycles. The molecule has 2 atom stereocenters. The molecular formula is C31H34N4O2. The lowest BCUT2D eigenvalue weighted by atomic mass is 9.84. The number of aryl methyl sites for hydroxylation is 1. The van der Waals surface area contributed by atoms with Gasteiger partial charge in [-0.25, -0.2) is 0 Å². The van der Waals surface area contributed by atoms with Crippen LogP contribution in [0.1, 0.15) is 30.0 Å². The summed E-state index contributed by atoms with van der Waals surface area (Å²) in [5.74, 6) is -0.0476. The summed E-state index contributed by atoms with van der Waals surface area (Å²) in [7, 11) is 2.04. The zero-order valence-electron chi connectivity index (χ0n) is 21.5. The van der Waals surface area contributed by atoms with Gasteiger partial charge in [-0.15, -0.1) is 0 Å². The Morgan fingerprint density at radius 1 is 1.00 bits per heavy atom. The van der Waals surface area contributed by atoms with E-state index in [0.29, 0.717) is 26.1 Å². The number of para-hydroxylation sites is 1. The van der Waals surface area contributed by atoms with Crippen molar-refractivity contribution < 1.29 is 9.59 Å². The molecule has 2 amide bonds. The summed E-state index contributed by atoms with van der Waals surface area (Å²) in [5, 5.41) is 7.67. The molecule has 190 valence electrons. The highest BCUT2D eigenvalue weighted by Crippen LogP contribution is 2.34. The third-order valence-electron chi connectivity index (χ3n) is 7.52. The lowest BCUT2D eigenvalue weighted by Crippen LogP contribution is -2.62. The van der Waals surface area contributed by atoms with Crippen LogP contribution in [0.5, 0.6) is 0 Å². The van der Waals surface area contributed by atoms with Crippen molar-refractivity contribution in [2.45, 2.75) is 37.9 Å². The van der Waals surface area contributed by atoms with Crippen molar-refractivity contribution in [1.29, 1.82) is 0 Å². The Morgan fingerprint density at radius 3 is 2.43 bits per heavy atom. The van der Waals surface area contributed by atoms with E-state index in [9.17, 15) is 9.59 Å². The van der Waals surface area contributed by atoms with E-state index in [1.165, 1.54) is 5.39 Å². The Labute approximate surface area is 218 Å². The van der Waals surface area contributed by atoms with E-state index >= 15 is 0 Å². The minimum absolute atomic E-state index is 0.0291. The minimum Gasteiger partial charge on any atom is -0.352 e. The van der Waals surface area contributed by atoms with Crippen LogP contribution in [0.15, 0.2) is 91.1 Å². The first-order valence-electron chi connectivity index (χ1n) is 12.9. The number of aromatic nitrogens is 1. The van der Waals surface area contributed by atoms with Gasteiger partial charge in [-0.05, 0) is 36.1 Å². The summed E-state index contributed by atoms with van der Waals surface area (Å²) in [5.41, 5.74) is 3.54. The number of nitrogens with zero attached hydrogens (tertiary/aromatic N) is 2. The fourth-order valence-electron chi connectivity index (χ4n) is 5.52. The van der Waals surface area contributed by atoms with Crippen molar-refractivity contribution in [3.63, 3.8) is 0 Å². The van der Waals surface area contributed by atoms with Crippen molar-refractivity contribution in [3.8, 4) is 0 Å². The number of carbonyl (C=O) groups excluding carboxylic acids is 2. The van der Waals surface area contributed by atoms with E-state index in [1.807, 2.05) is 91.7 Å². The predicted molar refractivity (Wildman–Crippen MR) is 147 cm³/mol. The van der Waals surface area contributed by atoms with Crippen LogP contribution in [-0.4, -0.2) is 40.4 Å². The van der Waals surface area contributed by atoms with Crippen LogP contribution in [0.25, 0.3) is 10.9 Å². The maximum Gasteiger partial charge on any atom is 0.240 e. The van der Waals surface area contributed by atoms with Crippen LogP contribution in [0.2, 0.25) is 0 Å². The van der Waals surface area contributed by atoms with E-state index in [2.05, 4.69) is 33.5 Å². The molecule has 1 aliphatic rings. The maximum absolute atomic E-state index is 14.0. The maximum atomic E-state index is 14.0. The molecule has 0 aliphatic carbocycles. The molecule has 6 nitrogen and oxygen atoms in total. The van der Waals surface area contributed by atoms with Crippen molar-refractivity contribution in [1.82, 2.24) is 20.1 Å². The average Bonchev–Trinajstić information content (AvgIpc) is 3.24. The standard InChI is InChI=1S/C31H34N4O2/c1-31(25-13-7-4-8-14-25,20-29(36)33-21-23-11-5-3-6-12-23)35-18-17-32-27(30(35)37)19-24-22-34(2)28-16-10-9-15-26(24)28/h3-16,22,27,32H,17-21H2,1-2H3,(H,33,36). The van der Waals surface area contributed by atoms with Crippen LogP contribution >= 0.6 is 0 Å². The van der Waals surface area contributed by atoms with Gasteiger partial charge in [-0.1, -0.05) is 78.9 Å². The lowest BCUT2D eigenvalue weighted by Gasteiger charge is -2.46. The van der Waals surface area contributed by atoms with Gasteiger partial charge in [0.2, 0.25) is 11.8 Å². The molecule has 2 unspecified atom stereocenters. The van der Waals surface area contributed by atoms with Gasteiger partial charge in [0.1, 0.15) is 0 Å². The monoisotopic (exact) mass is 494 g/mol. The first-order chi connectivity index (χ1) is 18.0. The Hall–Kier alpha value is -3.90. The fraction of sp³-hybridized carbons (Fsp3) is 0.290. The molecule has 0 radical (unpaired) electrons. The van der Waals surface area contributed by atoms with Crippen LogP contribution < -0.4 is 10.6 Å². The number of fused-ring (bicyclic) bond motifs is 1. The van der Waals surface area contributed by atoms with Crippen molar-refractivity contribution in [3.05, 3.63) is 108 Å². The number of benzene rings is 3. The Balaban J connectivity index is 1.38. The van der Waals surface area contributed by atoms with Gasteiger partial charge >= 0.3 is 0 Å². The van der Waals surface area contributed by atoms with E-state index in [0.717, 1.165) is 22.2 Å². The average molecular weight is 495 g/mol. The Morgan fingerprint density at radius 2 is 1.68 bits per heavy atom. The molecule has 37 heavy (non-hydrogen) atoms. The molecule has 5 rings (SSSR count). The number of carbonyl (C=O) groups is 2. The van der Waals surface area contributed by atoms with Crippen LogP contribution in [-0.2, 0) is 35.1 Å². The number of hydrogen-bond acceptors (Lipinski definition) is 3. The molecule has 6 heteroatoms. The van der Waals surface area contributed by atoms with Crippen LogP contribution in [0.3, 0.4) is 0 Å². The molecule has 1 saturated heterocycles. The van der Waals surface area contributed by atoms with E-state index in [1.54, 1.807) is 0 Å². The number of hydrogen-bond donors (Lipinski definition) is 2. The second kappa shape index (κ2) is 10.6. The Bertz CT molecular complexity index is 1380. The first kappa shape index (κ1) is 24.8. The molecular weight excluding hydrogens is 460 g/mol. The zero-order valence-corrected chi connectivity index (χ0v) is 21.5. The summed E-state index contributed by atoms with van der Waals surface area (Å²) in [4.78, 5) is 29.1. The zero-order chi connectivity index (χ0) is 25.8. The first-order valence-corrected chi connectivity index (χ1v) is 12.9. The molecule has 4 aromatic rings. The lowest BCUT2D eigenvalue weighted by molar-refractivity contribution is -0.144. The molecule has 0 saturated carbocycles. The van der Waals surface area contributed by atoms with Gasteiger partial charge in [-0.2, -0.15) is 0 Å². The number of piperazine rings is 1. The second-order valence-electron chi connectivity index (χ2n) is 10.1. The highest BCUT2D eigenvalue weighted by molar-refractivity contribution is 5.88. The summed E-state index contributed by atoms with van der Waals surface area (Å²) < 4.78 is 2.11. The molecule has 0 spiro atoms. The van der Waals surface area contributed by atoms with Gasteiger partial charge in [-0.3, -0.25) is 9.59 Å². The highest BCUT2D eigenvalue weighted by atomic mass is 16.2. The van der Waals surface area contributed by atoms with E-state index < -0.39 is 5.54 Å². The van der Waals surface area contributed by atoms with Gasteiger partial charge < -0.3 is 20.1 Å². The van der Waals surface area contributed by atoms with E-state index in [-0.39, 0.29) is 24.3 Å². The summed E-state index contributed by atoms with van der Waals surface area (Å²) in [6.07, 6.45) is 2.91. The van der Waals surface area contributed by atoms with Gasteiger partial charge in [0.25, 0.3) is 0 Å². The SMILES string of the molecule is Cn1cc(CC2NCCN(C(C)(CC(=O)NCc3ccccc3)c3ccccc3)C2=O)c2ccccc21. The fourth-order valence-corrected chi connectivity index (χ4v) is 5.52. The molecule has 2 N–H and O–H groups in total. The summed E-state index contributed by atoms with van der Waals surface area (Å²) in [6, 6.07) is 27.7. The van der Waals surface area contributed by atoms with Gasteiger partial charge in [0.05, 0.1) is 18.0 Å². The van der Waals surface area contributed by atoms with Crippen molar-refractivity contribution in [2.24, 2.45) is 7.05 Å². The third kappa shape index (κ3) is 5.16. The second-order valence-corrected chi connectivity index (χ2v) is 10.1. The number of amides is 2. The number of rotatable bonds is 8. The topological polar surface area (TPSA) is 66.4 Å². The largest absolute Gasteiger partial charge is 0.352 e. The predicted octanol–water partition coefficient (Wildman–Crippen LogP) is 4.14. The third-order valence-corrected chi connectivity index (χ3v) is 7.52.